The summed E-state index contributed by atoms with van der Waals surface area (Å²) in [7, 11) is 0. The third-order valence-corrected chi connectivity index (χ3v) is 6.58. The number of nitrogens with one attached hydrogen (secondary N) is 1. The maximum Gasteiger partial charge on any atom is 0.300 e. The number of likely N-dealkylation sites (N-methyl/N-ethyl adjacent to an activating group) is 1. The highest BCUT2D eigenvalue weighted by Crippen LogP contribution is 2.33. The summed E-state index contributed by atoms with van der Waals surface area (Å²) in [5.74, 6) is -0.578. The van der Waals surface area contributed by atoms with Gasteiger partial charge in [0, 0.05) is 25.7 Å². The summed E-state index contributed by atoms with van der Waals surface area (Å²) in [4.78, 5) is 41.9. The Kier molecular flexibility index (Phi) is 8.42. The van der Waals surface area contributed by atoms with Gasteiger partial charge in [-0.15, -0.1) is 0 Å². The van der Waals surface area contributed by atoms with Crippen molar-refractivity contribution in [2.45, 2.75) is 33.7 Å². The number of thiocarbonyl (C=S) groups is 1. The predicted octanol–water partition coefficient (Wildman–Crippen LogP) is 4.49. The zero-order valence-electron chi connectivity index (χ0n) is 19.8. The topological polar surface area (TPSA) is 104 Å². The summed E-state index contributed by atoms with van der Waals surface area (Å²) in [5, 5.41) is 10.8. The van der Waals surface area contributed by atoms with Gasteiger partial charge in [0.1, 0.15) is 15.8 Å². The van der Waals surface area contributed by atoms with Crippen molar-refractivity contribution in [3.05, 3.63) is 80.6 Å². The fraction of sp³-hybridized carbons (Fsp3) is 0.240. The molecule has 0 spiro atoms. The Bertz CT molecular complexity index is 1370. The average Bonchev–Trinajstić information content (AvgIpc) is 3.09. The molecule has 1 aliphatic heterocycles. The number of hydrogen-bond acceptors (Lipinski definition) is 7. The van der Waals surface area contributed by atoms with E-state index in [-0.39, 0.29) is 17.5 Å². The normalized spacial score (nSPS) is 15.2. The number of aromatic nitrogens is 2. The maximum absolute atomic E-state index is 13.4. The van der Waals surface area contributed by atoms with Crippen LogP contribution in [-0.4, -0.2) is 42.1 Å². The number of aryl methyl sites for hydroxylation is 1. The van der Waals surface area contributed by atoms with E-state index in [1.807, 2.05) is 63.2 Å². The van der Waals surface area contributed by atoms with Gasteiger partial charge in [-0.2, -0.15) is 0 Å². The molecule has 0 saturated carbocycles. The fourth-order valence-electron chi connectivity index (χ4n) is 3.49. The number of pyridine rings is 1. The smallest absolute Gasteiger partial charge is 0.300 e. The van der Waals surface area contributed by atoms with E-state index in [1.54, 1.807) is 12.3 Å². The van der Waals surface area contributed by atoms with Crippen LogP contribution in [0.5, 0.6) is 0 Å². The minimum absolute atomic E-state index is 0.0862. The van der Waals surface area contributed by atoms with Crippen molar-refractivity contribution in [2.75, 3.05) is 11.9 Å². The van der Waals surface area contributed by atoms with Gasteiger partial charge in [-0.25, -0.2) is 4.98 Å². The number of thioether (sulfide) groups is 1. The molecule has 1 aliphatic rings. The molecule has 1 unspecified atom stereocenters. The molecule has 2 aromatic heterocycles. The van der Waals surface area contributed by atoms with Gasteiger partial charge in [-0.1, -0.05) is 60.4 Å². The van der Waals surface area contributed by atoms with Gasteiger partial charge < -0.3 is 10.4 Å². The van der Waals surface area contributed by atoms with Gasteiger partial charge in [-0.3, -0.25) is 23.7 Å². The Morgan fingerprint density at radius 1 is 1.23 bits per heavy atom. The molecule has 8 nitrogen and oxygen atoms in total. The van der Waals surface area contributed by atoms with Gasteiger partial charge in [0.05, 0.1) is 10.5 Å². The number of carboxylic acid groups (broad SMARTS) is 1. The second kappa shape index (κ2) is 11.3. The first-order valence-electron chi connectivity index (χ1n) is 10.9. The second-order valence-electron chi connectivity index (χ2n) is 7.79. The standard InChI is InChI=1S/C23H22N4O2S2.C2H4O2/c1-4-26-22(29)18(31-23(26)30)13-17-19(24-15(3)16-10-6-5-7-11-16)25-20-14(2)9-8-12-27(20)21(17)28;1-2(3)4/h5-13,15,24H,4H2,1-3H3;1H3,(H,3,4)/b18-13-;. The molecule has 0 bridgehead atoms. The van der Waals surface area contributed by atoms with E-state index in [1.165, 1.54) is 21.1 Å². The SMILES string of the molecule is CC(=O)O.CCN1C(=O)/C(=C/c2c(NC(C)c3ccccc3)nc3c(C)cccn3c2=O)SC1=S. The Hall–Kier alpha value is -3.50. The van der Waals surface area contributed by atoms with Crippen molar-refractivity contribution in [2.24, 2.45) is 0 Å². The molecule has 3 aromatic rings. The molecule has 182 valence electrons. The van der Waals surface area contributed by atoms with Crippen LogP contribution in [0.4, 0.5) is 5.82 Å². The molecule has 4 rings (SSSR count). The fourth-order valence-corrected chi connectivity index (χ4v) is 4.85. The van der Waals surface area contributed by atoms with Crippen molar-refractivity contribution < 1.29 is 14.7 Å². The highest BCUT2D eigenvalue weighted by atomic mass is 32.2. The van der Waals surface area contributed by atoms with Crippen LogP contribution in [0.15, 0.2) is 58.4 Å². The van der Waals surface area contributed by atoms with Crippen molar-refractivity contribution in [1.29, 1.82) is 0 Å². The van der Waals surface area contributed by atoms with Gasteiger partial charge in [0.25, 0.3) is 17.4 Å². The molecule has 0 radical (unpaired) electrons. The highest BCUT2D eigenvalue weighted by Gasteiger charge is 2.31. The molecule has 3 heterocycles. The van der Waals surface area contributed by atoms with E-state index >= 15 is 0 Å². The lowest BCUT2D eigenvalue weighted by atomic mass is 10.1. The summed E-state index contributed by atoms with van der Waals surface area (Å²) < 4.78 is 2.01. The maximum atomic E-state index is 13.4. The number of carboxylic acids is 1. The number of nitrogens with zero attached hydrogens (tertiary/aromatic N) is 3. The molecule has 10 heteroatoms. The number of rotatable bonds is 5. The van der Waals surface area contributed by atoms with E-state index in [0.717, 1.165) is 18.1 Å². The second-order valence-corrected chi connectivity index (χ2v) is 9.46. The van der Waals surface area contributed by atoms with Crippen LogP contribution >= 0.6 is 24.0 Å². The molecule has 1 saturated heterocycles. The Morgan fingerprint density at radius 3 is 2.49 bits per heavy atom. The highest BCUT2D eigenvalue weighted by molar-refractivity contribution is 8.26. The van der Waals surface area contributed by atoms with E-state index in [2.05, 4.69) is 5.32 Å². The van der Waals surface area contributed by atoms with E-state index in [9.17, 15) is 9.59 Å². The number of benzene rings is 1. The zero-order chi connectivity index (χ0) is 25.7. The Labute approximate surface area is 212 Å². The summed E-state index contributed by atoms with van der Waals surface area (Å²) in [6, 6.07) is 13.6. The molecular formula is C25H26N4O4S2. The van der Waals surface area contributed by atoms with Crippen LogP contribution in [0.3, 0.4) is 0 Å². The third-order valence-electron chi connectivity index (χ3n) is 5.20. The number of anilines is 1. The minimum Gasteiger partial charge on any atom is -0.481 e. The number of amides is 1. The molecule has 0 aliphatic carbocycles. The summed E-state index contributed by atoms with van der Waals surface area (Å²) in [5.41, 5.74) is 2.63. The van der Waals surface area contributed by atoms with Crippen LogP contribution in [-0.2, 0) is 9.59 Å². The van der Waals surface area contributed by atoms with Crippen molar-refractivity contribution in [3.8, 4) is 0 Å². The number of aliphatic carboxylic acids is 1. The van der Waals surface area contributed by atoms with Crippen molar-refractivity contribution in [1.82, 2.24) is 14.3 Å². The van der Waals surface area contributed by atoms with Gasteiger partial charge >= 0.3 is 0 Å². The largest absolute Gasteiger partial charge is 0.481 e. The third kappa shape index (κ3) is 5.95. The monoisotopic (exact) mass is 510 g/mol. The van der Waals surface area contributed by atoms with Crippen LogP contribution in [0.2, 0.25) is 0 Å². The molecule has 1 atom stereocenters. The van der Waals surface area contributed by atoms with Gasteiger partial charge in [0.15, 0.2) is 0 Å². The molecule has 1 fully saturated rings. The lowest BCUT2D eigenvalue weighted by Crippen LogP contribution is -2.27. The first-order valence-corrected chi connectivity index (χ1v) is 12.1. The molecular weight excluding hydrogens is 484 g/mol. The quantitative estimate of drug-likeness (QED) is 0.382. The number of carbonyl (C=O) groups is 2. The van der Waals surface area contributed by atoms with E-state index in [4.69, 9.17) is 27.1 Å². The molecule has 35 heavy (non-hydrogen) atoms. The number of carbonyl (C=O) groups excluding carboxylic acids is 1. The van der Waals surface area contributed by atoms with E-state index in [0.29, 0.717) is 32.8 Å². The minimum atomic E-state index is -0.833. The predicted molar refractivity (Wildman–Crippen MR) is 144 cm³/mol. The van der Waals surface area contributed by atoms with Crippen molar-refractivity contribution >= 4 is 57.7 Å². The molecule has 2 N–H and O–H groups in total. The Morgan fingerprint density at radius 2 is 1.89 bits per heavy atom. The van der Waals surface area contributed by atoms with Crippen molar-refractivity contribution in [3.63, 3.8) is 0 Å². The summed E-state index contributed by atoms with van der Waals surface area (Å²) in [6.45, 7) is 7.37. The molecule has 1 aromatic carbocycles. The van der Waals surface area contributed by atoms with Crippen LogP contribution in [0.25, 0.3) is 11.7 Å². The zero-order valence-corrected chi connectivity index (χ0v) is 21.4. The number of hydrogen-bond donors (Lipinski definition) is 2. The summed E-state index contributed by atoms with van der Waals surface area (Å²) >= 11 is 6.52. The van der Waals surface area contributed by atoms with Gasteiger partial charge in [-0.05, 0) is 44.0 Å². The van der Waals surface area contributed by atoms with Crippen LogP contribution in [0, 0.1) is 6.92 Å². The summed E-state index contributed by atoms with van der Waals surface area (Å²) in [6.07, 6.45) is 3.30. The van der Waals surface area contributed by atoms with E-state index < -0.39 is 5.97 Å². The number of fused-ring (bicyclic) bond motifs is 1. The van der Waals surface area contributed by atoms with Crippen LogP contribution < -0.4 is 10.9 Å². The molecule has 1 amide bonds. The van der Waals surface area contributed by atoms with Gasteiger partial charge in [0.2, 0.25) is 0 Å². The average molecular weight is 511 g/mol. The first kappa shape index (κ1) is 26.1. The lowest BCUT2D eigenvalue weighted by Gasteiger charge is -2.18. The Balaban J connectivity index is 0.000000795. The lowest BCUT2D eigenvalue weighted by molar-refractivity contribution is -0.134. The van der Waals surface area contributed by atoms with Crippen LogP contribution in [0.1, 0.15) is 43.5 Å². The first-order chi connectivity index (χ1) is 16.6.